The smallest absolute Gasteiger partial charge is 0.245 e. The van der Waals surface area contributed by atoms with Crippen LogP contribution in [0.25, 0.3) is 0 Å². The molecule has 1 saturated heterocycles. The van der Waals surface area contributed by atoms with E-state index in [1.165, 1.54) is 32.1 Å². The van der Waals surface area contributed by atoms with E-state index >= 15 is 0 Å². The fraction of sp³-hybridized carbons (Fsp3) is 0.875. The number of carbonyl (C=O) groups excluding carboxylic acids is 2. The molecular weight excluding hydrogens is 252 g/mol. The predicted molar refractivity (Wildman–Crippen MR) is 79.2 cm³/mol. The van der Waals surface area contributed by atoms with E-state index in [0.717, 1.165) is 12.5 Å². The summed E-state index contributed by atoms with van der Waals surface area (Å²) in [6.45, 7) is 5.67. The van der Waals surface area contributed by atoms with Gasteiger partial charge in [-0.3, -0.25) is 9.59 Å². The third-order valence-corrected chi connectivity index (χ3v) is 4.98. The molecular formula is C16H28N2O2. The molecule has 2 aliphatic rings. The number of nitrogens with one attached hydrogen (secondary N) is 1. The Kier molecular flexibility index (Phi) is 5.44. The molecule has 20 heavy (non-hydrogen) atoms. The summed E-state index contributed by atoms with van der Waals surface area (Å²) in [4.78, 5) is 26.0. The quantitative estimate of drug-likeness (QED) is 0.859. The van der Waals surface area contributed by atoms with E-state index in [1.807, 2.05) is 11.8 Å². The summed E-state index contributed by atoms with van der Waals surface area (Å²) in [5.74, 6) is 1.66. The molecule has 2 fully saturated rings. The number of carbonyl (C=O) groups is 2. The summed E-state index contributed by atoms with van der Waals surface area (Å²) in [6, 6.07) is -0.308. The first-order valence-electron chi connectivity index (χ1n) is 8.22. The second kappa shape index (κ2) is 7.09. The van der Waals surface area contributed by atoms with Crippen molar-refractivity contribution in [1.29, 1.82) is 0 Å². The van der Waals surface area contributed by atoms with Crippen LogP contribution in [0, 0.1) is 11.8 Å². The zero-order valence-electron chi connectivity index (χ0n) is 12.9. The molecule has 0 radical (unpaired) electrons. The maximum Gasteiger partial charge on any atom is 0.245 e. The number of hydrogen-bond acceptors (Lipinski definition) is 2. The predicted octanol–water partition coefficient (Wildman–Crippen LogP) is 2.33. The average molecular weight is 280 g/mol. The molecule has 2 rings (SSSR count). The number of amides is 2. The summed E-state index contributed by atoms with van der Waals surface area (Å²) in [6.07, 6.45) is 7.50. The molecule has 1 unspecified atom stereocenters. The van der Waals surface area contributed by atoms with Gasteiger partial charge in [-0.05, 0) is 31.1 Å². The van der Waals surface area contributed by atoms with Gasteiger partial charge < -0.3 is 10.2 Å². The van der Waals surface area contributed by atoms with E-state index in [9.17, 15) is 9.59 Å². The van der Waals surface area contributed by atoms with Crippen LogP contribution >= 0.6 is 0 Å². The first-order valence-corrected chi connectivity index (χ1v) is 8.22. The summed E-state index contributed by atoms with van der Waals surface area (Å²) in [5, 5.41) is 2.83. The molecule has 0 aromatic heterocycles. The van der Waals surface area contributed by atoms with Crippen LogP contribution in [0.4, 0.5) is 0 Å². The van der Waals surface area contributed by atoms with E-state index < -0.39 is 0 Å². The lowest BCUT2D eigenvalue weighted by atomic mass is 9.80. The molecule has 0 aromatic carbocycles. The van der Waals surface area contributed by atoms with Gasteiger partial charge in [0.2, 0.25) is 11.8 Å². The van der Waals surface area contributed by atoms with Crippen LogP contribution in [0.5, 0.6) is 0 Å². The molecule has 1 atom stereocenters. The number of hydrogen-bond donors (Lipinski definition) is 1. The van der Waals surface area contributed by atoms with Crippen molar-refractivity contribution >= 4 is 11.8 Å². The highest BCUT2D eigenvalue weighted by molar-refractivity contribution is 5.89. The molecule has 0 aromatic rings. The fourth-order valence-corrected chi connectivity index (χ4v) is 3.49. The molecule has 114 valence electrons. The Bertz CT molecular complexity index is 348. The minimum absolute atomic E-state index is 0.0161. The van der Waals surface area contributed by atoms with Crippen molar-refractivity contribution in [3.05, 3.63) is 0 Å². The van der Waals surface area contributed by atoms with E-state index in [4.69, 9.17) is 0 Å². The Morgan fingerprint density at radius 2 is 1.70 bits per heavy atom. The second-order valence-corrected chi connectivity index (χ2v) is 6.36. The van der Waals surface area contributed by atoms with Gasteiger partial charge in [0.1, 0.15) is 6.04 Å². The molecule has 2 amide bonds. The largest absolute Gasteiger partial charge is 0.344 e. The SMILES string of the molecule is CCC1CCC(CN2CCC(=O)NC(CC)C2=O)CC1. The van der Waals surface area contributed by atoms with Crippen LogP contribution in [-0.2, 0) is 9.59 Å². The lowest BCUT2D eigenvalue weighted by Gasteiger charge is -2.32. The monoisotopic (exact) mass is 280 g/mol. The van der Waals surface area contributed by atoms with Crippen LogP contribution in [0.15, 0.2) is 0 Å². The topological polar surface area (TPSA) is 49.4 Å². The Labute approximate surface area is 122 Å². The van der Waals surface area contributed by atoms with Crippen LogP contribution in [0.2, 0.25) is 0 Å². The standard InChI is InChI=1S/C16H28N2O2/c1-3-12-5-7-13(8-6-12)11-18-10-9-15(19)17-14(4-2)16(18)20/h12-14H,3-11H2,1-2H3,(H,17,19). The molecule has 0 spiro atoms. The van der Waals surface area contributed by atoms with E-state index in [0.29, 0.717) is 25.3 Å². The minimum atomic E-state index is -0.308. The van der Waals surface area contributed by atoms with Gasteiger partial charge in [0, 0.05) is 19.5 Å². The zero-order valence-corrected chi connectivity index (χ0v) is 12.9. The summed E-state index contributed by atoms with van der Waals surface area (Å²) in [7, 11) is 0. The highest BCUT2D eigenvalue weighted by Gasteiger charge is 2.30. The summed E-state index contributed by atoms with van der Waals surface area (Å²) in [5.41, 5.74) is 0. The minimum Gasteiger partial charge on any atom is -0.344 e. The average Bonchev–Trinajstić information content (AvgIpc) is 2.61. The van der Waals surface area contributed by atoms with Gasteiger partial charge >= 0.3 is 0 Å². The van der Waals surface area contributed by atoms with Gasteiger partial charge in [-0.2, -0.15) is 0 Å². The van der Waals surface area contributed by atoms with Crippen molar-refractivity contribution in [3.63, 3.8) is 0 Å². The van der Waals surface area contributed by atoms with Crippen LogP contribution in [-0.4, -0.2) is 35.8 Å². The number of nitrogens with zero attached hydrogens (tertiary/aromatic N) is 1. The third-order valence-electron chi connectivity index (χ3n) is 4.98. The van der Waals surface area contributed by atoms with Crippen LogP contribution < -0.4 is 5.32 Å². The second-order valence-electron chi connectivity index (χ2n) is 6.36. The fourth-order valence-electron chi connectivity index (χ4n) is 3.49. The van der Waals surface area contributed by atoms with Crippen molar-refractivity contribution in [2.75, 3.05) is 13.1 Å². The molecule has 1 aliphatic carbocycles. The van der Waals surface area contributed by atoms with Gasteiger partial charge in [-0.25, -0.2) is 0 Å². The van der Waals surface area contributed by atoms with Crippen molar-refractivity contribution in [2.45, 2.75) is 64.8 Å². The number of rotatable bonds is 4. The first-order chi connectivity index (χ1) is 9.63. The van der Waals surface area contributed by atoms with Crippen molar-refractivity contribution in [1.82, 2.24) is 10.2 Å². The third kappa shape index (κ3) is 3.74. The van der Waals surface area contributed by atoms with E-state index in [2.05, 4.69) is 12.2 Å². The zero-order chi connectivity index (χ0) is 14.5. The normalized spacial score (nSPS) is 31.9. The lowest BCUT2D eigenvalue weighted by Crippen LogP contribution is -2.45. The van der Waals surface area contributed by atoms with Gasteiger partial charge in [0.15, 0.2) is 0 Å². The van der Waals surface area contributed by atoms with Crippen molar-refractivity contribution < 1.29 is 9.59 Å². The molecule has 1 heterocycles. The first kappa shape index (κ1) is 15.3. The Hall–Kier alpha value is -1.06. The van der Waals surface area contributed by atoms with Gasteiger partial charge in [-0.15, -0.1) is 0 Å². The van der Waals surface area contributed by atoms with E-state index in [1.54, 1.807) is 0 Å². The highest BCUT2D eigenvalue weighted by Crippen LogP contribution is 2.31. The molecule has 1 N–H and O–H groups in total. The Morgan fingerprint density at radius 3 is 2.30 bits per heavy atom. The molecule has 4 heteroatoms. The Morgan fingerprint density at radius 1 is 1.05 bits per heavy atom. The molecule has 0 bridgehead atoms. The van der Waals surface area contributed by atoms with Crippen molar-refractivity contribution in [2.24, 2.45) is 11.8 Å². The maximum atomic E-state index is 12.4. The molecule has 4 nitrogen and oxygen atoms in total. The Balaban J connectivity index is 1.90. The molecule has 1 aliphatic heterocycles. The summed E-state index contributed by atoms with van der Waals surface area (Å²) >= 11 is 0. The van der Waals surface area contributed by atoms with E-state index in [-0.39, 0.29) is 17.9 Å². The lowest BCUT2D eigenvalue weighted by molar-refractivity contribution is -0.134. The van der Waals surface area contributed by atoms with Crippen LogP contribution in [0.3, 0.4) is 0 Å². The van der Waals surface area contributed by atoms with Gasteiger partial charge in [0.05, 0.1) is 0 Å². The summed E-state index contributed by atoms with van der Waals surface area (Å²) < 4.78 is 0. The molecule has 1 saturated carbocycles. The van der Waals surface area contributed by atoms with Gasteiger partial charge in [0.25, 0.3) is 0 Å². The highest BCUT2D eigenvalue weighted by atomic mass is 16.2. The maximum absolute atomic E-state index is 12.4. The van der Waals surface area contributed by atoms with Crippen molar-refractivity contribution in [3.8, 4) is 0 Å². The van der Waals surface area contributed by atoms with Crippen LogP contribution in [0.1, 0.15) is 58.8 Å². The van der Waals surface area contributed by atoms with Gasteiger partial charge in [-0.1, -0.05) is 33.1 Å².